The minimum absolute atomic E-state index is 0. The van der Waals surface area contributed by atoms with E-state index >= 15 is 0 Å². The first-order valence-electron chi connectivity index (χ1n) is 30.6. The second kappa shape index (κ2) is 54.5. The molecule has 6 unspecified atom stereocenters. The first kappa shape index (κ1) is 85.0. The van der Waals surface area contributed by atoms with Gasteiger partial charge >= 0.3 is 8.56 Å². The van der Waals surface area contributed by atoms with Gasteiger partial charge in [0.1, 0.15) is 25.6 Å². The Hall–Kier alpha value is 1.22. The molecule has 0 aromatic rings. The number of rotatable bonds is 47. The van der Waals surface area contributed by atoms with Gasteiger partial charge in [0.25, 0.3) is 0 Å². The number of aliphatic hydroxyl groups is 6. The Morgan fingerprint density at radius 1 is 0.427 bits per heavy atom. The summed E-state index contributed by atoms with van der Waals surface area (Å²) in [5.41, 5.74) is 0. The molecule has 462 valence electrons. The third kappa shape index (κ3) is 62.7. The van der Waals surface area contributed by atoms with E-state index in [4.69, 9.17) is 50.8 Å². The Balaban J connectivity index is -0.000000724. The summed E-state index contributed by atoms with van der Waals surface area (Å²) in [6, 6.07) is 8.29. The van der Waals surface area contributed by atoms with E-state index in [0.717, 1.165) is 70.4 Å². The summed E-state index contributed by atoms with van der Waals surface area (Å²) < 4.78 is 45.3. The van der Waals surface area contributed by atoms with Crippen LogP contribution in [0, 0.1) is 0 Å². The molecule has 6 atom stereocenters. The van der Waals surface area contributed by atoms with Crippen LogP contribution in [0.2, 0.25) is 121 Å². The van der Waals surface area contributed by atoms with Gasteiger partial charge in [0, 0.05) is 27.9 Å². The predicted octanol–water partition coefficient (Wildman–Crippen LogP) is 12.9. The molecule has 0 aliphatic heterocycles. The molecular formula is C54H136O13Si8. The zero-order valence-electron chi connectivity index (χ0n) is 53.3. The lowest BCUT2D eigenvalue weighted by molar-refractivity contribution is 0.00631. The van der Waals surface area contributed by atoms with Gasteiger partial charge in [0.15, 0.2) is 41.6 Å². The van der Waals surface area contributed by atoms with Crippen LogP contribution in [0.3, 0.4) is 0 Å². The number of unbranched alkanes of at least 4 members (excludes halogenated alkanes) is 12. The molecule has 21 heteroatoms. The first-order valence-corrected chi connectivity index (χ1v) is 52.3. The molecule has 0 saturated carbocycles. The van der Waals surface area contributed by atoms with Crippen molar-refractivity contribution in [1.29, 1.82) is 0 Å². The van der Waals surface area contributed by atoms with E-state index in [-0.39, 0.29) is 27.9 Å². The number of ether oxygens (including phenoxy) is 1. The molecule has 0 bridgehead atoms. The van der Waals surface area contributed by atoms with E-state index < -0.39 is 88.0 Å². The fourth-order valence-corrected chi connectivity index (χ4v) is 35.3. The van der Waals surface area contributed by atoms with Gasteiger partial charge in [0.05, 0.1) is 38.6 Å². The molecule has 0 fully saturated rings. The monoisotopic (exact) mass is 1220 g/mol. The smallest absolute Gasteiger partial charge is 0.321 e. The molecule has 13 nitrogen and oxygen atoms in total. The Morgan fingerprint density at radius 3 is 1.17 bits per heavy atom. The highest BCUT2D eigenvalue weighted by molar-refractivity contribution is 6.85. The maximum absolute atomic E-state index is 9.74. The minimum atomic E-state index is -1.98. The van der Waals surface area contributed by atoms with Crippen molar-refractivity contribution in [3.8, 4) is 0 Å². The highest BCUT2D eigenvalue weighted by Crippen LogP contribution is 2.31. The second-order valence-corrected chi connectivity index (χ2v) is 50.9. The van der Waals surface area contributed by atoms with E-state index in [9.17, 15) is 10.2 Å². The Labute approximate surface area is 479 Å². The Kier molecular flexibility index (Phi) is 61.7. The van der Waals surface area contributed by atoms with Crippen LogP contribution in [-0.2, 0) is 30.4 Å². The van der Waals surface area contributed by atoms with Crippen molar-refractivity contribution in [3.05, 3.63) is 0 Å². The first-order chi connectivity index (χ1) is 35.2. The molecule has 0 radical (unpaired) electrons. The summed E-state index contributed by atoms with van der Waals surface area (Å²) in [4.78, 5) is 0. The lowest BCUT2D eigenvalue weighted by Crippen LogP contribution is -2.44. The van der Waals surface area contributed by atoms with Gasteiger partial charge in [0.2, 0.25) is 0 Å². The van der Waals surface area contributed by atoms with Crippen molar-refractivity contribution < 1.29 is 62.4 Å². The summed E-state index contributed by atoms with van der Waals surface area (Å²) in [7, 11) is -11.7. The standard InChI is InChI=1S/C44H106O9Si8.2C3H8O2.2C2H6.H2/c1-14-15-16-17-18-19-20-21-22-26-37-61(13,52-55-3)38-29-25-33-49-59(11,39-30-31-47-43-44(46)42-45)35-28-24-34-50-60(12,41-40-57(7,8)53-56(4,5)6)36-27-23-32-48-58(9,10)51-54-2;2*1-3(5)2-4;2*1-2;/h44-46H,14-43,54-55H2,1-13H3;2*3-5H,2H2,1H3;2*1-2H3;1H. The van der Waals surface area contributed by atoms with Crippen LogP contribution >= 0.6 is 0 Å². The molecule has 0 saturated heterocycles. The molecule has 0 aliphatic rings. The predicted molar refractivity (Wildman–Crippen MR) is 347 cm³/mol. The van der Waals surface area contributed by atoms with Crippen molar-refractivity contribution in [2.24, 2.45) is 0 Å². The topological polar surface area (TPSA) is 186 Å². The van der Waals surface area contributed by atoms with Gasteiger partial charge in [-0.3, -0.25) is 0 Å². The van der Waals surface area contributed by atoms with Gasteiger partial charge in [-0.25, -0.2) is 0 Å². The third-order valence-electron chi connectivity index (χ3n) is 12.6. The average Bonchev–Trinajstić information content (AvgIpc) is 3.34. The van der Waals surface area contributed by atoms with Crippen LogP contribution in [-0.4, -0.2) is 171 Å². The lowest BCUT2D eigenvalue weighted by atomic mass is 10.1. The van der Waals surface area contributed by atoms with Crippen LogP contribution in [0.5, 0.6) is 0 Å². The molecule has 0 spiro atoms. The maximum Gasteiger partial charge on any atom is 0.321 e. The van der Waals surface area contributed by atoms with Crippen molar-refractivity contribution in [1.82, 2.24) is 0 Å². The summed E-state index contributed by atoms with van der Waals surface area (Å²) in [5, 5.41) is 50.9. The molecule has 6 N–H and O–H groups in total. The third-order valence-corrected chi connectivity index (χ3v) is 38.1. The van der Waals surface area contributed by atoms with Crippen molar-refractivity contribution >= 4 is 69.7 Å². The number of aliphatic hydroxyl groups excluding tert-OH is 6. The van der Waals surface area contributed by atoms with Gasteiger partial charge < -0.3 is 61.0 Å². The second-order valence-electron chi connectivity index (χ2n) is 23.0. The molecular weight excluding hydrogens is 1080 g/mol. The molecule has 0 rings (SSSR count). The summed E-state index contributed by atoms with van der Waals surface area (Å²) in [5.74, 6) is 0. The Bertz CT molecular complexity index is 1170. The zero-order chi connectivity index (χ0) is 58.7. The fraction of sp³-hybridized carbons (Fsp3) is 1.00. The fourth-order valence-electron chi connectivity index (χ4n) is 8.56. The van der Waals surface area contributed by atoms with Crippen molar-refractivity contribution in [2.45, 2.75) is 297 Å². The molecule has 0 aromatic carbocycles. The quantitative estimate of drug-likeness (QED) is 0.0250. The van der Waals surface area contributed by atoms with E-state index in [1.54, 1.807) is 0 Å². The van der Waals surface area contributed by atoms with Gasteiger partial charge in [-0.05, 0) is 147 Å². The van der Waals surface area contributed by atoms with Gasteiger partial charge in [-0.1, -0.05) is 131 Å². The summed E-state index contributed by atoms with van der Waals surface area (Å²) in [6.45, 7) is 44.1. The molecule has 0 amide bonds. The van der Waals surface area contributed by atoms with Crippen LogP contribution in [0.25, 0.3) is 0 Å². The Morgan fingerprint density at radius 2 is 0.787 bits per heavy atom. The van der Waals surface area contributed by atoms with E-state index in [0.29, 0.717) is 6.61 Å². The van der Waals surface area contributed by atoms with E-state index in [1.165, 1.54) is 115 Å². The SMILES string of the molecule is CC.CC.CC(O)CO.CC(O)CO.CCCCCCCCCCCC[Si](C)(CCCCO[Si](C)(CCCCO[Si](C)(CCCCO[Si](C)(C)O[SiH2]C)CC[Si](C)(C)O[Si](C)(C)C)CCCOCC(O)CO)O[SiH2]C.[HH]. The van der Waals surface area contributed by atoms with Crippen LogP contribution < -0.4 is 0 Å². The molecule has 75 heavy (non-hydrogen) atoms. The summed E-state index contributed by atoms with van der Waals surface area (Å²) in [6.07, 6.45) is 19.6. The van der Waals surface area contributed by atoms with E-state index in [2.05, 4.69) is 85.5 Å². The van der Waals surface area contributed by atoms with Gasteiger partial charge in [-0.2, -0.15) is 0 Å². The van der Waals surface area contributed by atoms with Crippen molar-refractivity contribution in [3.63, 3.8) is 0 Å². The maximum atomic E-state index is 9.74. The molecule has 0 heterocycles. The van der Waals surface area contributed by atoms with Crippen LogP contribution in [0.1, 0.15) is 159 Å². The van der Waals surface area contributed by atoms with Crippen molar-refractivity contribution in [2.75, 3.05) is 52.9 Å². The van der Waals surface area contributed by atoms with Crippen LogP contribution in [0.4, 0.5) is 0 Å². The molecule has 0 aliphatic carbocycles. The summed E-state index contributed by atoms with van der Waals surface area (Å²) >= 11 is 0. The average molecular weight is 1220 g/mol. The zero-order valence-corrected chi connectivity index (χ0v) is 62.1. The van der Waals surface area contributed by atoms with Crippen LogP contribution in [0.15, 0.2) is 0 Å². The minimum Gasteiger partial charge on any atom is -0.461 e. The largest absolute Gasteiger partial charge is 0.461 e. The number of hydrogen-bond donors (Lipinski definition) is 6. The van der Waals surface area contributed by atoms with E-state index in [1.807, 2.05) is 27.7 Å². The number of hydrogen-bond acceptors (Lipinski definition) is 13. The normalized spacial score (nSPS) is 15.8. The highest BCUT2D eigenvalue weighted by Gasteiger charge is 2.36. The lowest BCUT2D eigenvalue weighted by Gasteiger charge is -2.35. The van der Waals surface area contributed by atoms with Gasteiger partial charge in [-0.15, -0.1) is 0 Å². The molecule has 0 aromatic heterocycles. The highest BCUT2D eigenvalue weighted by atomic mass is 28.4.